The highest BCUT2D eigenvalue weighted by Crippen LogP contribution is 2.32. The summed E-state index contributed by atoms with van der Waals surface area (Å²) in [6.45, 7) is 6.53. The maximum absolute atomic E-state index is 10.6. The van der Waals surface area contributed by atoms with Crippen LogP contribution in [0.15, 0.2) is 46.9 Å². The zero-order chi connectivity index (χ0) is 15.6. The lowest BCUT2D eigenvalue weighted by atomic mass is 9.86. The molecular weight excluding hydrogens is 328 g/mol. The van der Waals surface area contributed by atoms with Gasteiger partial charge in [0.15, 0.2) is 0 Å². The van der Waals surface area contributed by atoms with Crippen molar-refractivity contribution in [2.75, 3.05) is 7.11 Å². The number of benzene rings is 2. The molecule has 0 radical (unpaired) electrons. The van der Waals surface area contributed by atoms with Gasteiger partial charge in [0, 0.05) is 10.0 Å². The fourth-order valence-electron chi connectivity index (χ4n) is 2.20. The first-order chi connectivity index (χ1) is 9.82. The molecule has 21 heavy (non-hydrogen) atoms. The molecule has 0 saturated heterocycles. The zero-order valence-corrected chi connectivity index (χ0v) is 14.4. The number of methoxy groups -OCH3 is 1. The third kappa shape index (κ3) is 3.66. The van der Waals surface area contributed by atoms with Gasteiger partial charge in [-0.1, -0.05) is 61.0 Å². The molecule has 0 aromatic heterocycles. The maximum Gasteiger partial charge on any atom is 0.119 e. The average Bonchev–Trinajstić information content (AvgIpc) is 2.46. The molecule has 0 saturated carbocycles. The van der Waals surface area contributed by atoms with Crippen LogP contribution in [0.4, 0.5) is 0 Å². The van der Waals surface area contributed by atoms with E-state index in [1.807, 2.05) is 30.3 Å². The fraction of sp³-hybridized carbons (Fsp3) is 0.333. The summed E-state index contributed by atoms with van der Waals surface area (Å²) < 4.78 is 6.10. The van der Waals surface area contributed by atoms with E-state index in [-0.39, 0.29) is 5.41 Å². The molecule has 112 valence electrons. The zero-order valence-electron chi connectivity index (χ0n) is 12.9. The minimum Gasteiger partial charge on any atom is -0.497 e. The van der Waals surface area contributed by atoms with E-state index in [1.165, 1.54) is 5.56 Å². The molecule has 0 heterocycles. The SMILES string of the molecule is COc1ccc(Br)c(C(O)c2ccc(C(C)(C)C)cc2)c1. The van der Waals surface area contributed by atoms with Gasteiger partial charge in [-0.15, -0.1) is 0 Å². The summed E-state index contributed by atoms with van der Waals surface area (Å²) in [5.41, 5.74) is 3.04. The lowest BCUT2D eigenvalue weighted by Crippen LogP contribution is -2.11. The van der Waals surface area contributed by atoms with E-state index in [2.05, 4.69) is 48.8 Å². The van der Waals surface area contributed by atoms with Crippen LogP contribution in [0.5, 0.6) is 5.75 Å². The van der Waals surface area contributed by atoms with Crippen LogP contribution in [0, 0.1) is 0 Å². The Hall–Kier alpha value is -1.32. The Bertz CT molecular complexity index is 612. The van der Waals surface area contributed by atoms with Crippen molar-refractivity contribution in [2.24, 2.45) is 0 Å². The molecule has 1 unspecified atom stereocenters. The molecule has 0 aliphatic rings. The van der Waals surface area contributed by atoms with Crippen molar-refractivity contribution in [3.8, 4) is 5.75 Å². The second kappa shape index (κ2) is 6.20. The summed E-state index contributed by atoms with van der Waals surface area (Å²) in [6, 6.07) is 13.7. The van der Waals surface area contributed by atoms with Crippen LogP contribution in [0.2, 0.25) is 0 Å². The van der Waals surface area contributed by atoms with Crippen molar-refractivity contribution in [3.05, 3.63) is 63.6 Å². The number of halogens is 1. The minimum atomic E-state index is -0.677. The van der Waals surface area contributed by atoms with Crippen molar-refractivity contribution < 1.29 is 9.84 Å². The molecule has 1 N–H and O–H groups in total. The van der Waals surface area contributed by atoms with Crippen LogP contribution in [0.3, 0.4) is 0 Å². The van der Waals surface area contributed by atoms with E-state index in [4.69, 9.17) is 4.74 Å². The predicted octanol–water partition coefficient (Wildman–Crippen LogP) is 4.84. The molecule has 1 atom stereocenters. The summed E-state index contributed by atoms with van der Waals surface area (Å²) in [5, 5.41) is 10.6. The van der Waals surface area contributed by atoms with Crippen LogP contribution >= 0.6 is 15.9 Å². The van der Waals surface area contributed by atoms with Gasteiger partial charge in [-0.25, -0.2) is 0 Å². The molecule has 2 rings (SSSR count). The Morgan fingerprint density at radius 3 is 2.19 bits per heavy atom. The van der Waals surface area contributed by atoms with Gasteiger partial charge in [-0.2, -0.15) is 0 Å². The van der Waals surface area contributed by atoms with Crippen LogP contribution in [0.25, 0.3) is 0 Å². The predicted molar refractivity (Wildman–Crippen MR) is 89.9 cm³/mol. The van der Waals surface area contributed by atoms with Crippen LogP contribution in [-0.4, -0.2) is 12.2 Å². The number of hydrogen-bond donors (Lipinski definition) is 1. The van der Waals surface area contributed by atoms with E-state index in [9.17, 15) is 5.11 Å². The smallest absolute Gasteiger partial charge is 0.119 e. The summed E-state index contributed by atoms with van der Waals surface area (Å²) >= 11 is 3.49. The highest BCUT2D eigenvalue weighted by Gasteiger charge is 2.17. The third-order valence-electron chi connectivity index (χ3n) is 3.59. The normalized spacial score (nSPS) is 13.0. The Labute approximate surface area is 134 Å². The van der Waals surface area contributed by atoms with E-state index < -0.39 is 6.10 Å². The first kappa shape index (κ1) is 16.1. The lowest BCUT2D eigenvalue weighted by Gasteiger charge is -2.20. The molecule has 0 amide bonds. The molecule has 2 aromatic rings. The number of aliphatic hydroxyl groups is 1. The Balaban J connectivity index is 2.34. The van der Waals surface area contributed by atoms with Crippen molar-refractivity contribution in [2.45, 2.75) is 32.3 Å². The lowest BCUT2D eigenvalue weighted by molar-refractivity contribution is 0.219. The second-order valence-corrected chi connectivity index (χ2v) is 7.02. The number of aliphatic hydroxyl groups excluding tert-OH is 1. The van der Waals surface area contributed by atoms with Gasteiger partial charge in [0.25, 0.3) is 0 Å². The molecule has 0 bridgehead atoms. The number of ether oxygens (including phenoxy) is 1. The summed E-state index contributed by atoms with van der Waals surface area (Å²) in [6.07, 6.45) is -0.677. The van der Waals surface area contributed by atoms with Gasteiger partial charge in [0.05, 0.1) is 7.11 Å². The molecule has 0 fully saturated rings. The van der Waals surface area contributed by atoms with Gasteiger partial charge < -0.3 is 9.84 Å². The van der Waals surface area contributed by atoms with E-state index in [1.54, 1.807) is 7.11 Å². The molecule has 3 heteroatoms. The van der Waals surface area contributed by atoms with E-state index in [0.717, 1.165) is 21.3 Å². The van der Waals surface area contributed by atoms with Crippen LogP contribution < -0.4 is 4.74 Å². The van der Waals surface area contributed by atoms with Crippen LogP contribution in [-0.2, 0) is 5.41 Å². The molecular formula is C18H21BrO2. The fourth-order valence-corrected chi connectivity index (χ4v) is 2.67. The average molecular weight is 349 g/mol. The van der Waals surface area contributed by atoms with Gasteiger partial charge in [0.1, 0.15) is 11.9 Å². The maximum atomic E-state index is 10.6. The molecule has 2 nitrogen and oxygen atoms in total. The molecule has 2 aromatic carbocycles. The van der Waals surface area contributed by atoms with Crippen molar-refractivity contribution in [1.82, 2.24) is 0 Å². The first-order valence-corrected chi connectivity index (χ1v) is 7.74. The monoisotopic (exact) mass is 348 g/mol. The quantitative estimate of drug-likeness (QED) is 0.859. The van der Waals surface area contributed by atoms with Crippen LogP contribution in [0.1, 0.15) is 43.6 Å². The highest BCUT2D eigenvalue weighted by atomic mass is 79.9. The van der Waals surface area contributed by atoms with Gasteiger partial charge >= 0.3 is 0 Å². The largest absolute Gasteiger partial charge is 0.497 e. The van der Waals surface area contributed by atoms with Gasteiger partial charge in [0.2, 0.25) is 0 Å². The van der Waals surface area contributed by atoms with E-state index >= 15 is 0 Å². The molecule has 0 aliphatic carbocycles. The number of rotatable bonds is 3. The molecule has 0 aliphatic heterocycles. The van der Waals surface area contributed by atoms with E-state index in [0.29, 0.717) is 0 Å². The topological polar surface area (TPSA) is 29.5 Å². The Morgan fingerprint density at radius 1 is 1.05 bits per heavy atom. The Kier molecular flexibility index (Phi) is 4.74. The third-order valence-corrected chi connectivity index (χ3v) is 4.31. The summed E-state index contributed by atoms with van der Waals surface area (Å²) in [7, 11) is 1.62. The summed E-state index contributed by atoms with van der Waals surface area (Å²) in [4.78, 5) is 0. The second-order valence-electron chi connectivity index (χ2n) is 6.16. The van der Waals surface area contributed by atoms with Gasteiger partial charge in [-0.3, -0.25) is 0 Å². The molecule has 0 spiro atoms. The van der Waals surface area contributed by atoms with Crippen molar-refractivity contribution in [1.29, 1.82) is 0 Å². The minimum absolute atomic E-state index is 0.111. The standard InChI is InChI=1S/C18H21BrO2/c1-18(2,3)13-7-5-12(6-8-13)17(20)15-11-14(21-4)9-10-16(15)19/h5-11,17,20H,1-4H3. The summed E-state index contributed by atoms with van der Waals surface area (Å²) in [5.74, 6) is 0.735. The highest BCUT2D eigenvalue weighted by molar-refractivity contribution is 9.10. The van der Waals surface area contributed by atoms with Gasteiger partial charge in [-0.05, 0) is 34.7 Å². The van der Waals surface area contributed by atoms with Crippen molar-refractivity contribution in [3.63, 3.8) is 0 Å². The Morgan fingerprint density at radius 2 is 1.67 bits per heavy atom. The first-order valence-electron chi connectivity index (χ1n) is 6.95. The number of hydrogen-bond acceptors (Lipinski definition) is 2. The van der Waals surface area contributed by atoms with Crippen molar-refractivity contribution >= 4 is 15.9 Å².